The summed E-state index contributed by atoms with van der Waals surface area (Å²) in [6, 6.07) is 10.5. The van der Waals surface area contributed by atoms with Crippen LogP contribution in [-0.2, 0) is 4.79 Å². The number of carbonyl (C=O) groups excluding carboxylic acids is 1. The zero-order valence-electron chi connectivity index (χ0n) is 7.16. The normalized spacial score (nSPS) is 10.1. The van der Waals surface area contributed by atoms with E-state index in [4.69, 9.17) is 16.0 Å². The number of hydrogen-bond donors (Lipinski definition) is 0. The van der Waals surface area contributed by atoms with Gasteiger partial charge in [-0.1, -0.05) is 11.6 Å². The Morgan fingerprint density at radius 2 is 1.79 bits per heavy atom. The zero-order chi connectivity index (χ0) is 9.97. The van der Waals surface area contributed by atoms with Crippen LogP contribution in [0, 0.1) is 0 Å². The van der Waals surface area contributed by atoms with Gasteiger partial charge in [0.25, 0.3) is 6.29 Å². The van der Waals surface area contributed by atoms with Crippen molar-refractivity contribution in [3.05, 3.63) is 47.2 Å². The van der Waals surface area contributed by atoms with Crippen molar-refractivity contribution < 1.29 is 9.21 Å². The van der Waals surface area contributed by atoms with Crippen LogP contribution in [-0.4, -0.2) is 6.29 Å². The molecule has 1 radical (unpaired) electrons. The average Bonchev–Trinajstić information content (AvgIpc) is 2.67. The van der Waals surface area contributed by atoms with Gasteiger partial charge in [-0.15, -0.1) is 0 Å². The lowest BCUT2D eigenvalue weighted by atomic mass is 10.2. The second-order valence-electron chi connectivity index (χ2n) is 2.77. The largest absolute Gasteiger partial charge is 0.452 e. The number of rotatable bonds is 2. The van der Waals surface area contributed by atoms with Gasteiger partial charge in [-0.3, -0.25) is 4.79 Å². The highest BCUT2D eigenvalue weighted by atomic mass is 35.5. The smallest absolute Gasteiger partial charge is 0.271 e. The van der Waals surface area contributed by atoms with Crippen molar-refractivity contribution in [1.29, 1.82) is 0 Å². The third kappa shape index (κ3) is 1.70. The van der Waals surface area contributed by atoms with E-state index in [-0.39, 0.29) is 5.76 Å². The highest BCUT2D eigenvalue weighted by molar-refractivity contribution is 6.30. The van der Waals surface area contributed by atoms with Gasteiger partial charge < -0.3 is 4.42 Å². The maximum Gasteiger partial charge on any atom is 0.271 e. The fourth-order valence-electron chi connectivity index (χ4n) is 1.16. The number of halogens is 1. The van der Waals surface area contributed by atoms with E-state index in [9.17, 15) is 4.79 Å². The van der Waals surface area contributed by atoms with Crippen LogP contribution >= 0.6 is 11.6 Å². The Morgan fingerprint density at radius 3 is 2.36 bits per heavy atom. The minimum Gasteiger partial charge on any atom is -0.452 e. The van der Waals surface area contributed by atoms with Crippen LogP contribution in [0.25, 0.3) is 11.3 Å². The first-order valence-corrected chi connectivity index (χ1v) is 4.41. The van der Waals surface area contributed by atoms with Gasteiger partial charge in [-0.25, -0.2) is 0 Å². The summed E-state index contributed by atoms with van der Waals surface area (Å²) >= 11 is 5.74. The molecule has 0 N–H and O–H groups in total. The molecular formula is C11H6ClO2. The van der Waals surface area contributed by atoms with Crippen LogP contribution in [0.4, 0.5) is 0 Å². The molecule has 0 saturated heterocycles. The molecular weight excluding hydrogens is 200 g/mol. The molecule has 0 atom stereocenters. The lowest BCUT2D eigenvalue weighted by molar-refractivity contribution is 0.525. The van der Waals surface area contributed by atoms with E-state index in [0.717, 1.165) is 5.56 Å². The van der Waals surface area contributed by atoms with E-state index in [0.29, 0.717) is 10.8 Å². The van der Waals surface area contributed by atoms with Crippen LogP contribution in [0.2, 0.25) is 5.02 Å². The number of benzene rings is 1. The molecule has 1 aromatic carbocycles. The maximum atomic E-state index is 10.3. The summed E-state index contributed by atoms with van der Waals surface area (Å²) in [6.45, 7) is 0. The molecule has 1 heterocycles. The molecule has 0 aliphatic heterocycles. The zero-order valence-corrected chi connectivity index (χ0v) is 7.91. The fraction of sp³-hybridized carbons (Fsp3) is 0. The predicted octanol–water partition coefficient (Wildman–Crippen LogP) is 3.06. The molecule has 3 heteroatoms. The van der Waals surface area contributed by atoms with E-state index in [2.05, 4.69) is 0 Å². The minimum atomic E-state index is 0.204. The molecule has 1 aromatic heterocycles. The Morgan fingerprint density at radius 1 is 1.07 bits per heavy atom. The summed E-state index contributed by atoms with van der Waals surface area (Å²) in [5.74, 6) is 0.843. The second kappa shape index (κ2) is 3.68. The van der Waals surface area contributed by atoms with Gasteiger partial charge in [0.05, 0.1) is 0 Å². The van der Waals surface area contributed by atoms with Crippen molar-refractivity contribution in [2.45, 2.75) is 0 Å². The maximum absolute atomic E-state index is 10.3. The van der Waals surface area contributed by atoms with E-state index >= 15 is 0 Å². The number of furan rings is 1. The summed E-state index contributed by atoms with van der Waals surface area (Å²) in [4.78, 5) is 10.3. The van der Waals surface area contributed by atoms with Crippen molar-refractivity contribution >= 4 is 17.9 Å². The molecule has 14 heavy (non-hydrogen) atoms. The van der Waals surface area contributed by atoms with Gasteiger partial charge in [0.1, 0.15) is 5.76 Å². The quantitative estimate of drug-likeness (QED) is 0.754. The standard InChI is InChI=1S/C11H6ClO2/c12-9-3-1-8(2-4-9)11-6-5-10(7-13)14-11/h1-6H. The van der Waals surface area contributed by atoms with Gasteiger partial charge in [0.2, 0.25) is 0 Å². The second-order valence-corrected chi connectivity index (χ2v) is 3.21. The summed E-state index contributed by atoms with van der Waals surface area (Å²) < 4.78 is 5.19. The number of hydrogen-bond acceptors (Lipinski definition) is 2. The van der Waals surface area contributed by atoms with Crippen molar-refractivity contribution in [2.24, 2.45) is 0 Å². The van der Waals surface area contributed by atoms with E-state index in [1.54, 1.807) is 30.6 Å². The molecule has 0 saturated carbocycles. The van der Waals surface area contributed by atoms with Crippen molar-refractivity contribution in [3.8, 4) is 11.3 Å². The topological polar surface area (TPSA) is 30.2 Å². The highest BCUT2D eigenvalue weighted by Gasteiger charge is 2.03. The Labute approximate surface area is 86.1 Å². The molecule has 0 fully saturated rings. The first-order valence-electron chi connectivity index (χ1n) is 4.03. The molecule has 0 bridgehead atoms. The molecule has 2 aromatic rings. The van der Waals surface area contributed by atoms with E-state index in [1.807, 2.05) is 12.1 Å². The summed E-state index contributed by atoms with van der Waals surface area (Å²) in [7, 11) is 0. The van der Waals surface area contributed by atoms with Gasteiger partial charge >= 0.3 is 0 Å². The van der Waals surface area contributed by atoms with E-state index in [1.165, 1.54) is 0 Å². The van der Waals surface area contributed by atoms with Crippen LogP contribution < -0.4 is 0 Å². The lowest BCUT2D eigenvalue weighted by Crippen LogP contribution is -1.73. The van der Waals surface area contributed by atoms with Crippen LogP contribution in [0.3, 0.4) is 0 Å². The average molecular weight is 206 g/mol. The molecule has 0 unspecified atom stereocenters. The Bertz CT molecular complexity index is 443. The third-order valence-corrected chi connectivity index (χ3v) is 2.09. The first kappa shape index (κ1) is 9.03. The van der Waals surface area contributed by atoms with Crippen LogP contribution in [0.1, 0.15) is 5.76 Å². The van der Waals surface area contributed by atoms with Crippen molar-refractivity contribution in [1.82, 2.24) is 0 Å². The predicted molar refractivity (Wildman–Crippen MR) is 53.9 cm³/mol. The molecule has 2 nitrogen and oxygen atoms in total. The summed E-state index contributed by atoms with van der Waals surface area (Å²) in [6.07, 6.45) is 1.69. The molecule has 0 amide bonds. The van der Waals surface area contributed by atoms with Gasteiger partial charge in [0, 0.05) is 10.6 Å². The Kier molecular flexibility index (Phi) is 2.37. The molecule has 2 rings (SSSR count). The van der Waals surface area contributed by atoms with Gasteiger partial charge in [-0.05, 0) is 36.4 Å². The SMILES string of the molecule is O=[C]c1ccc(-c2ccc(Cl)cc2)o1. The Hall–Kier alpha value is -1.54. The molecule has 0 aliphatic rings. The lowest BCUT2D eigenvalue weighted by Gasteiger charge is -1.95. The minimum absolute atomic E-state index is 0.204. The first-order chi connectivity index (χ1) is 6.79. The third-order valence-electron chi connectivity index (χ3n) is 1.84. The molecule has 0 aliphatic carbocycles. The molecule has 0 spiro atoms. The van der Waals surface area contributed by atoms with Crippen molar-refractivity contribution in [3.63, 3.8) is 0 Å². The van der Waals surface area contributed by atoms with Gasteiger partial charge in [0.15, 0.2) is 5.76 Å². The summed E-state index contributed by atoms with van der Waals surface area (Å²) in [5.41, 5.74) is 0.885. The van der Waals surface area contributed by atoms with Gasteiger partial charge in [-0.2, -0.15) is 0 Å². The van der Waals surface area contributed by atoms with Crippen LogP contribution in [0.5, 0.6) is 0 Å². The summed E-state index contributed by atoms with van der Waals surface area (Å²) in [5, 5.41) is 0.669. The fourth-order valence-corrected chi connectivity index (χ4v) is 1.29. The van der Waals surface area contributed by atoms with E-state index < -0.39 is 0 Å². The van der Waals surface area contributed by atoms with Crippen LogP contribution in [0.15, 0.2) is 40.8 Å². The van der Waals surface area contributed by atoms with Crippen molar-refractivity contribution in [2.75, 3.05) is 0 Å². The monoisotopic (exact) mass is 205 g/mol. The highest BCUT2D eigenvalue weighted by Crippen LogP contribution is 2.22. The molecule has 69 valence electrons. The Balaban J connectivity index is 2.39.